The van der Waals surface area contributed by atoms with Crippen molar-refractivity contribution in [1.29, 1.82) is 0 Å². The zero-order chi connectivity index (χ0) is 12.4. The van der Waals surface area contributed by atoms with Crippen LogP contribution in [0.2, 0.25) is 0 Å². The number of anilines is 1. The second kappa shape index (κ2) is 5.04. The first kappa shape index (κ1) is 11.6. The van der Waals surface area contributed by atoms with Crippen molar-refractivity contribution in [3.63, 3.8) is 0 Å². The molecule has 3 rings (SSSR count). The quantitative estimate of drug-likeness (QED) is 0.896. The first-order chi connectivity index (χ1) is 8.86. The lowest BCUT2D eigenvalue weighted by Gasteiger charge is -2.21. The van der Waals surface area contributed by atoms with Crippen molar-refractivity contribution in [2.24, 2.45) is 0 Å². The highest BCUT2D eigenvalue weighted by Gasteiger charge is 2.31. The molecule has 1 N–H and O–H groups in total. The van der Waals surface area contributed by atoms with Crippen molar-refractivity contribution in [2.45, 2.75) is 32.0 Å². The molecule has 94 valence electrons. The predicted octanol–water partition coefficient (Wildman–Crippen LogP) is 2.20. The molecule has 1 fully saturated rings. The van der Waals surface area contributed by atoms with Gasteiger partial charge in [-0.2, -0.15) is 0 Å². The summed E-state index contributed by atoms with van der Waals surface area (Å²) >= 11 is 1.76. The minimum absolute atomic E-state index is 0.00532. The van der Waals surface area contributed by atoms with Crippen LogP contribution in [0, 0.1) is 0 Å². The maximum absolute atomic E-state index is 9.00. The average Bonchev–Trinajstić information content (AvgIpc) is 3.13. The standard InChI is InChI=1S/C13H15N3OS/c17-9-10-6-14-13(15-7-10)16(11-3-4-11)8-12-2-1-5-18-12/h1-2,5-7,11,17H,3-4,8-9H2. The SMILES string of the molecule is OCc1cnc(N(Cc2cccs2)C2CC2)nc1. The number of nitrogens with zero attached hydrogens (tertiary/aromatic N) is 3. The van der Waals surface area contributed by atoms with Gasteiger partial charge in [-0.25, -0.2) is 9.97 Å². The molecule has 0 unspecified atom stereocenters. The lowest BCUT2D eigenvalue weighted by atomic mass is 10.3. The normalized spacial score (nSPS) is 14.7. The van der Waals surface area contributed by atoms with Gasteiger partial charge < -0.3 is 10.0 Å². The number of aliphatic hydroxyl groups is 1. The number of hydrogen-bond donors (Lipinski definition) is 1. The number of thiophene rings is 1. The van der Waals surface area contributed by atoms with Gasteiger partial charge in [0.25, 0.3) is 0 Å². The van der Waals surface area contributed by atoms with Crippen molar-refractivity contribution >= 4 is 17.3 Å². The number of aromatic nitrogens is 2. The predicted molar refractivity (Wildman–Crippen MR) is 71.5 cm³/mol. The van der Waals surface area contributed by atoms with Gasteiger partial charge in [0, 0.05) is 28.9 Å². The van der Waals surface area contributed by atoms with Crippen LogP contribution in [0.5, 0.6) is 0 Å². The van der Waals surface area contributed by atoms with Crippen LogP contribution < -0.4 is 4.90 Å². The van der Waals surface area contributed by atoms with E-state index in [1.165, 1.54) is 17.7 Å². The average molecular weight is 261 g/mol. The van der Waals surface area contributed by atoms with Crippen LogP contribution >= 0.6 is 11.3 Å². The zero-order valence-electron chi connectivity index (χ0n) is 9.99. The van der Waals surface area contributed by atoms with Crippen molar-refractivity contribution in [3.8, 4) is 0 Å². The molecule has 1 aliphatic rings. The molecule has 0 amide bonds. The summed E-state index contributed by atoms with van der Waals surface area (Å²) in [5, 5.41) is 11.1. The van der Waals surface area contributed by atoms with E-state index in [4.69, 9.17) is 5.11 Å². The molecule has 2 aromatic rings. The van der Waals surface area contributed by atoms with Crippen LogP contribution in [0.3, 0.4) is 0 Å². The molecule has 0 spiro atoms. The maximum Gasteiger partial charge on any atom is 0.225 e. The molecule has 2 heterocycles. The molecule has 0 aromatic carbocycles. The topological polar surface area (TPSA) is 49.3 Å². The fourth-order valence-electron chi connectivity index (χ4n) is 1.90. The molecule has 4 nitrogen and oxygen atoms in total. The number of rotatable bonds is 5. The molecule has 18 heavy (non-hydrogen) atoms. The van der Waals surface area contributed by atoms with Crippen LogP contribution in [0.25, 0.3) is 0 Å². The summed E-state index contributed by atoms with van der Waals surface area (Å²) < 4.78 is 0. The monoisotopic (exact) mass is 261 g/mol. The molecule has 5 heteroatoms. The second-order valence-electron chi connectivity index (χ2n) is 4.49. The van der Waals surface area contributed by atoms with Gasteiger partial charge in [-0.05, 0) is 24.3 Å². The van der Waals surface area contributed by atoms with Crippen molar-refractivity contribution in [1.82, 2.24) is 9.97 Å². The lowest BCUT2D eigenvalue weighted by molar-refractivity contribution is 0.281. The minimum Gasteiger partial charge on any atom is -0.392 e. The van der Waals surface area contributed by atoms with Gasteiger partial charge in [-0.1, -0.05) is 6.07 Å². The fourth-order valence-corrected chi connectivity index (χ4v) is 2.60. The van der Waals surface area contributed by atoms with Crippen molar-refractivity contribution in [3.05, 3.63) is 40.3 Å². The van der Waals surface area contributed by atoms with E-state index >= 15 is 0 Å². The molecule has 2 aromatic heterocycles. The Morgan fingerprint density at radius 3 is 2.67 bits per heavy atom. The highest BCUT2D eigenvalue weighted by atomic mass is 32.1. The van der Waals surface area contributed by atoms with Crippen LogP contribution in [-0.2, 0) is 13.2 Å². The molecule has 1 aliphatic carbocycles. The first-order valence-electron chi connectivity index (χ1n) is 6.07. The summed E-state index contributed by atoms with van der Waals surface area (Å²) in [7, 11) is 0. The smallest absolute Gasteiger partial charge is 0.225 e. The van der Waals surface area contributed by atoms with Gasteiger partial charge in [0.05, 0.1) is 13.2 Å². The highest BCUT2D eigenvalue weighted by molar-refractivity contribution is 7.09. The second-order valence-corrected chi connectivity index (χ2v) is 5.52. The van der Waals surface area contributed by atoms with Gasteiger partial charge in [-0.3, -0.25) is 0 Å². The Labute approximate surface area is 110 Å². The van der Waals surface area contributed by atoms with E-state index in [1.807, 2.05) is 0 Å². The third-order valence-corrected chi connectivity index (χ3v) is 3.89. The Morgan fingerprint density at radius 1 is 1.33 bits per heavy atom. The van der Waals surface area contributed by atoms with Crippen LogP contribution in [0.1, 0.15) is 23.3 Å². The van der Waals surface area contributed by atoms with Gasteiger partial charge in [0.1, 0.15) is 0 Å². The Balaban J connectivity index is 1.80. The molecular weight excluding hydrogens is 246 g/mol. The number of aliphatic hydroxyl groups excluding tert-OH is 1. The Bertz CT molecular complexity index is 493. The molecule has 0 aliphatic heterocycles. The molecule has 1 saturated carbocycles. The van der Waals surface area contributed by atoms with Crippen LogP contribution in [-0.4, -0.2) is 21.1 Å². The van der Waals surface area contributed by atoms with E-state index in [0.717, 1.165) is 18.1 Å². The highest BCUT2D eigenvalue weighted by Crippen LogP contribution is 2.31. The van der Waals surface area contributed by atoms with Crippen LogP contribution in [0.4, 0.5) is 5.95 Å². The van der Waals surface area contributed by atoms with E-state index in [9.17, 15) is 0 Å². The van der Waals surface area contributed by atoms with E-state index in [-0.39, 0.29) is 6.61 Å². The number of hydrogen-bond acceptors (Lipinski definition) is 5. The first-order valence-corrected chi connectivity index (χ1v) is 6.95. The van der Waals surface area contributed by atoms with E-state index < -0.39 is 0 Å². The molecule has 0 bridgehead atoms. The van der Waals surface area contributed by atoms with Gasteiger partial charge in [0.2, 0.25) is 5.95 Å². The van der Waals surface area contributed by atoms with Gasteiger partial charge in [-0.15, -0.1) is 11.3 Å². The Kier molecular flexibility index (Phi) is 3.25. The summed E-state index contributed by atoms with van der Waals surface area (Å²) in [6.07, 6.45) is 5.84. The van der Waals surface area contributed by atoms with Crippen molar-refractivity contribution in [2.75, 3.05) is 4.90 Å². The van der Waals surface area contributed by atoms with E-state index in [2.05, 4.69) is 32.4 Å². The largest absolute Gasteiger partial charge is 0.392 e. The Hall–Kier alpha value is -1.46. The molecule has 0 radical (unpaired) electrons. The third-order valence-electron chi connectivity index (χ3n) is 3.03. The minimum atomic E-state index is -0.00532. The summed E-state index contributed by atoms with van der Waals surface area (Å²) in [5.74, 6) is 0.767. The Morgan fingerprint density at radius 2 is 2.11 bits per heavy atom. The summed E-state index contributed by atoms with van der Waals surface area (Å²) in [4.78, 5) is 12.3. The van der Waals surface area contributed by atoms with Gasteiger partial charge in [0.15, 0.2) is 0 Å². The van der Waals surface area contributed by atoms with E-state index in [0.29, 0.717) is 6.04 Å². The zero-order valence-corrected chi connectivity index (χ0v) is 10.8. The lowest BCUT2D eigenvalue weighted by Crippen LogP contribution is -2.26. The summed E-state index contributed by atoms with van der Waals surface area (Å²) in [5.41, 5.74) is 0.755. The summed E-state index contributed by atoms with van der Waals surface area (Å²) in [6, 6.07) is 4.79. The molecule has 0 atom stereocenters. The van der Waals surface area contributed by atoms with Gasteiger partial charge >= 0.3 is 0 Å². The van der Waals surface area contributed by atoms with E-state index in [1.54, 1.807) is 23.7 Å². The summed E-state index contributed by atoms with van der Waals surface area (Å²) in [6.45, 7) is 0.870. The molecule has 0 saturated heterocycles. The third kappa shape index (κ3) is 2.52. The van der Waals surface area contributed by atoms with Crippen LogP contribution in [0.15, 0.2) is 29.9 Å². The van der Waals surface area contributed by atoms with Crippen molar-refractivity contribution < 1.29 is 5.11 Å². The maximum atomic E-state index is 9.00. The fraction of sp³-hybridized carbons (Fsp3) is 0.385. The molecular formula is C13H15N3OS.